The summed E-state index contributed by atoms with van der Waals surface area (Å²) >= 11 is 6.06. The highest BCUT2D eigenvalue weighted by Crippen LogP contribution is 2.35. The van der Waals surface area contributed by atoms with E-state index in [1.54, 1.807) is 42.5 Å². The summed E-state index contributed by atoms with van der Waals surface area (Å²) < 4.78 is 20.9. The molecule has 10 heteroatoms. The Bertz CT molecular complexity index is 1370. The van der Waals surface area contributed by atoms with Crippen LogP contribution in [0.5, 0.6) is 17.2 Å². The molecule has 0 unspecified atom stereocenters. The van der Waals surface area contributed by atoms with E-state index in [0.717, 1.165) is 0 Å². The lowest BCUT2D eigenvalue weighted by Gasteiger charge is -2.19. The fourth-order valence-electron chi connectivity index (χ4n) is 3.94. The highest BCUT2D eigenvalue weighted by molar-refractivity contribution is 6.31. The molecular weight excluding hydrogens is 514 g/mol. The van der Waals surface area contributed by atoms with Crippen LogP contribution in [0.1, 0.15) is 27.1 Å². The van der Waals surface area contributed by atoms with E-state index in [-0.39, 0.29) is 30.2 Å². The molecule has 0 radical (unpaired) electrons. The maximum atomic E-state index is 12.6. The van der Waals surface area contributed by atoms with Crippen LogP contribution in [0.3, 0.4) is 0 Å². The summed E-state index contributed by atoms with van der Waals surface area (Å²) in [6, 6.07) is 17.3. The van der Waals surface area contributed by atoms with Gasteiger partial charge in [-0.2, -0.15) is 0 Å². The number of methoxy groups -OCH3 is 2. The fourth-order valence-corrected chi connectivity index (χ4v) is 4.10. The van der Waals surface area contributed by atoms with E-state index in [9.17, 15) is 19.2 Å². The molecule has 9 nitrogen and oxygen atoms in total. The summed E-state index contributed by atoms with van der Waals surface area (Å²) in [5.74, 6) is -1.48. The molecule has 1 atom stereocenters. The Kier molecular flexibility index (Phi) is 8.28. The maximum Gasteiger partial charge on any atom is 0.343 e. The van der Waals surface area contributed by atoms with Crippen LogP contribution in [0.25, 0.3) is 0 Å². The lowest BCUT2D eigenvalue weighted by molar-refractivity contribution is -0.147. The summed E-state index contributed by atoms with van der Waals surface area (Å²) in [6.07, 6.45) is -0.0595. The largest absolute Gasteiger partial charge is 0.497 e. The summed E-state index contributed by atoms with van der Waals surface area (Å²) in [7, 11) is 2.97. The van der Waals surface area contributed by atoms with Crippen molar-refractivity contribution in [2.45, 2.75) is 6.42 Å². The fraction of sp³-hybridized carbons (Fsp3) is 0.214. The van der Waals surface area contributed by atoms with Gasteiger partial charge < -0.3 is 23.8 Å². The topological polar surface area (TPSA) is 108 Å². The average molecular weight is 538 g/mol. The molecule has 0 bridgehead atoms. The zero-order valence-electron chi connectivity index (χ0n) is 20.6. The first-order chi connectivity index (χ1) is 18.3. The van der Waals surface area contributed by atoms with Gasteiger partial charge in [0.1, 0.15) is 17.2 Å². The molecule has 0 saturated carbocycles. The van der Waals surface area contributed by atoms with Crippen LogP contribution >= 0.6 is 11.6 Å². The molecular formula is C28H24ClNO8. The quantitative estimate of drug-likeness (QED) is 0.225. The van der Waals surface area contributed by atoms with E-state index in [1.165, 1.54) is 43.4 Å². The first kappa shape index (κ1) is 26.7. The number of rotatable bonds is 9. The molecule has 0 spiro atoms. The van der Waals surface area contributed by atoms with Gasteiger partial charge in [-0.15, -0.1) is 0 Å². The molecule has 1 aliphatic rings. The van der Waals surface area contributed by atoms with Gasteiger partial charge in [0.05, 0.1) is 31.4 Å². The van der Waals surface area contributed by atoms with Crippen molar-refractivity contribution in [1.82, 2.24) is 0 Å². The number of carbonyl (C=O) groups is 4. The van der Waals surface area contributed by atoms with Crippen LogP contribution in [0.15, 0.2) is 66.7 Å². The molecule has 196 valence electrons. The summed E-state index contributed by atoms with van der Waals surface area (Å²) in [5.41, 5.74) is 1.05. The smallest absolute Gasteiger partial charge is 0.343 e. The van der Waals surface area contributed by atoms with Gasteiger partial charge in [-0.3, -0.25) is 14.4 Å². The summed E-state index contributed by atoms with van der Waals surface area (Å²) in [6.45, 7) is -0.414. The van der Waals surface area contributed by atoms with Crippen molar-refractivity contribution < 1.29 is 38.1 Å². The van der Waals surface area contributed by atoms with Crippen LogP contribution in [0.2, 0.25) is 5.02 Å². The number of ether oxygens (including phenoxy) is 4. The predicted molar refractivity (Wildman–Crippen MR) is 138 cm³/mol. The lowest BCUT2D eigenvalue weighted by atomic mass is 10.1. The lowest BCUT2D eigenvalue weighted by Crippen LogP contribution is -2.27. The van der Waals surface area contributed by atoms with Crippen LogP contribution < -0.4 is 19.1 Å². The van der Waals surface area contributed by atoms with Crippen molar-refractivity contribution in [3.63, 3.8) is 0 Å². The minimum atomic E-state index is -0.739. The van der Waals surface area contributed by atoms with Crippen molar-refractivity contribution in [3.8, 4) is 17.2 Å². The summed E-state index contributed by atoms with van der Waals surface area (Å²) in [4.78, 5) is 51.5. The highest BCUT2D eigenvalue weighted by Gasteiger charge is 2.37. The number of halogens is 1. The Balaban J connectivity index is 1.31. The van der Waals surface area contributed by atoms with Gasteiger partial charge in [-0.05, 0) is 60.7 Å². The van der Waals surface area contributed by atoms with Crippen molar-refractivity contribution in [3.05, 3.63) is 82.9 Å². The molecule has 3 aromatic carbocycles. The van der Waals surface area contributed by atoms with E-state index in [4.69, 9.17) is 30.5 Å². The van der Waals surface area contributed by atoms with Crippen LogP contribution in [0, 0.1) is 5.92 Å². The van der Waals surface area contributed by atoms with Gasteiger partial charge in [0.25, 0.3) is 0 Å². The van der Waals surface area contributed by atoms with Crippen LogP contribution in [-0.2, 0) is 14.3 Å². The minimum absolute atomic E-state index is 0.0595. The molecule has 0 aliphatic carbocycles. The molecule has 1 aliphatic heterocycles. The molecule has 1 heterocycles. The number of benzene rings is 3. The third-order valence-corrected chi connectivity index (χ3v) is 6.16. The van der Waals surface area contributed by atoms with Gasteiger partial charge in [-0.25, -0.2) is 4.79 Å². The highest BCUT2D eigenvalue weighted by atomic mass is 35.5. The molecule has 4 rings (SSSR count). The van der Waals surface area contributed by atoms with E-state index < -0.39 is 30.2 Å². The van der Waals surface area contributed by atoms with Gasteiger partial charge in [0.2, 0.25) is 5.91 Å². The number of hydrogen-bond acceptors (Lipinski definition) is 8. The monoisotopic (exact) mass is 537 g/mol. The number of amides is 1. The number of anilines is 1. The van der Waals surface area contributed by atoms with Gasteiger partial charge in [0.15, 0.2) is 12.4 Å². The Morgan fingerprint density at radius 1 is 0.921 bits per heavy atom. The van der Waals surface area contributed by atoms with Crippen LogP contribution in [0.4, 0.5) is 5.69 Å². The average Bonchev–Trinajstić information content (AvgIpc) is 3.33. The number of carbonyl (C=O) groups excluding carboxylic acids is 4. The van der Waals surface area contributed by atoms with E-state index >= 15 is 0 Å². The van der Waals surface area contributed by atoms with E-state index in [2.05, 4.69) is 0 Å². The van der Waals surface area contributed by atoms with Crippen LogP contribution in [-0.4, -0.2) is 51.0 Å². The maximum absolute atomic E-state index is 12.6. The van der Waals surface area contributed by atoms with E-state index in [0.29, 0.717) is 27.8 Å². The van der Waals surface area contributed by atoms with Crippen molar-refractivity contribution in [2.24, 2.45) is 5.92 Å². The van der Waals surface area contributed by atoms with Crippen molar-refractivity contribution in [2.75, 3.05) is 32.3 Å². The Morgan fingerprint density at radius 2 is 1.68 bits per heavy atom. The zero-order chi connectivity index (χ0) is 27.2. The third-order valence-electron chi connectivity index (χ3n) is 5.93. The Morgan fingerprint density at radius 3 is 2.39 bits per heavy atom. The molecule has 1 fully saturated rings. The first-order valence-electron chi connectivity index (χ1n) is 11.6. The normalized spacial score (nSPS) is 14.7. The number of hydrogen-bond donors (Lipinski definition) is 0. The second-order valence-electron chi connectivity index (χ2n) is 8.40. The molecule has 0 aromatic heterocycles. The first-order valence-corrected chi connectivity index (χ1v) is 12.0. The molecule has 38 heavy (non-hydrogen) atoms. The van der Waals surface area contributed by atoms with Gasteiger partial charge >= 0.3 is 11.9 Å². The number of esters is 2. The second-order valence-corrected chi connectivity index (χ2v) is 8.83. The number of nitrogens with zero attached hydrogens (tertiary/aromatic N) is 1. The standard InChI is InChI=1S/C28H24ClNO8/c1-35-22-5-3-4-18(12-22)28(34)38-21-9-6-17(7-10-21)24(31)16-37-27(33)19-13-26(32)30(15-19)23-14-20(29)8-11-25(23)36-2/h3-12,14,19H,13,15-16H2,1-2H3/t19-/m1/s1. The third kappa shape index (κ3) is 6.12. The second kappa shape index (κ2) is 11.8. The van der Waals surface area contributed by atoms with E-state index in [1.807, 2.05) is 0 Å². The Labute approximate surface area is 223 Å². The molecule has 1 amide bonds. The SMILES string of the molecule is COc1cccc(C(=O)Oc2ccc(C(=O)COC(=O)[C@@H]3CC(=O)N(c4cc(Cl)ccc4OC)C3)cc2)c1. The Hall–Kier alpha value is -4.37. The van der Waals surface area contributed by atoms with Gasteiger partial charge in [-0.1, -0.05) is 17.7 Å². The van der Waals surface area contributed by atoms with Crippen molar-refractivity contribution >= 4 is 40.9 Å². The molecule has 0 N–H and O–H groups in total. The summed E-state index contributed by atoms with van der Waals surface area (Å²) in [5, 5.41) is 0.423. The predicted octanol–water partition coefficient (Wildman–Crippen LogP) is 4.36. The number of Topliss-reactive ketones (excluding diaryl/α,β-unsaturated/α-hetero) is 1. The molecule has 3 aromatic rings. The van der Waals surface area contributed by atoms with Crippen molar-refractivity contribution in [1.29, 1.82) is 0 Å². The number of ketones is 1. The minimum Gasteiger partial charge on any atom is -0.497 e. The molecule has 1 saturated heterocycles. The van der Waals surface area contributed by atoms with Gasteiger partial charge in [0, 0.05) is 23.6 Å². The zero-order valence-corrected chi connectivity index (χ0v) is 21.4.